The minimum Gasteiger partial charge on any atom is -0.344 e. The lowest BCUT2D eigenvalue weighted by Crippen LogP contribution is -2.27. The summed E-state index contributed by atoms with van der Waals surface area (Å²) >= 11 is 3.48. The number of rotatable bonds is 5. The molecular formula is C14H17BrN4O. The number of imidazole rings is 1. The van der Waals surface area contributed by atoms with Crippen molar-refractivity contribution in [3.63, 3.8) is 0 Å². The van der Waals surface area contributed by atoms with Gasteiger partial charge in [-0.05, 0) is 18.6 Å². The first-order valence-electron chi connectivity index (χ1n) is 6.39. The molecule has 1 atom stereocenters. The van der Waals surface area contributed by atoms with Crippen LogP contribution in [0.4, 0.5) is 0 Å². The van der Waals surface area contributed by atoms with Crippen molar-refractivity contribution >= 4 is 21.8 Å². The molecule has 1 amide bonds. The highest BCUT2D eigenvalue weighted by Gasteiger charge is 2.15. The summed E-state index contributed by atoms with van der Waals surface area (Å²) in [6.45, 7) is 3.11. The number of aromatic nitrogens is 2. The van der Waals surface area contributed by atoms with Gasteiger partial charge in [-0.3, -0.25) is 4.79 Å². The van der Waals surface area contributed by atoms with Crippen LogP contribution in [0, 0.1) is 0 Å². The number of amides is 1. The van der Waals surface area contributed by atoms with E-state index >= 15 is 0 Å². The number of hydrogen-bond donors (Lipinski definition) is 2. The maximum atomic E-state index is 12.1. The van der Waals surface area contributed by atoms with Gasteiger partial charge >= 0.3 is 0 Å². The topological polar surface area (TPSA) is 72.9 Å². The first-order chi connectivity index (χ1) is 9.61. The molecule has 2 rings (SSSR count). The summed E-state index contributed by atoms with van der Waals surface area (Å²) in [5, 5.41) is 2.93. The molecule has 0 aliphatic heterocycles. The fourth-order valence-electron chi connectivity index (χ4n) is 1.92. The summed E-state index contributed by atoms with van der Waals surface area (Å²) in [6.07, 6.45) is 3.32. The number of nitrogens with zero attached hydrogens (tertiary/aromatic N) is 2. The third-order valence-electron chi connectivity index (χ3n) is 2.97. The van der Waals surface area contributed by atoms with E-state index in [-0.39, 0.29) is 11.9 Å². The molecule has 0 saturated carbocycles. The van der Waals surface area contributed by atoms with Crippen molar-refractivity contribution < 1.29 is 4.79 Å². The molecule has 20 heavy (non-hydrogen) atoms. The van der Waals surface area contributed by atoms with Gasteiger partial charge in [0.05, 0.1) is 12.4 Å². The van der Waals surface area contributed by atoms with E-state index in [1.165, 1.54) is 0 Å². The highest BCUT2D eigenvalue weighted by atomic mass is 79.9. The molecule has 3 N–H and O–H groups in total. The van der Waals surface area contributed by atoms with Crippen LogP contribution in [-0.4, -0.2) is 22.0 Å². The predicted molar refractivity (Wildman–Crippen MR) is 81.3 cm³/mol. The van der Waals surface area contributed by atoms with E-state index in [4.69, 9.17) is 5.73 Å². The fourth-order valence-corrected chi connectivity index (χ4v) is 2.55. The predicted octanol–water partition coefficient (Wildman–Crippen LogP) is 2.10. The van der Waals surface area contributed by atoms with Gasteiger partial charge in [0.15, 0.2) is 0 Å². The Morgan fingerprint density at radius 3 is 2.95 bits per heavy atom. The van der Waals surface area contributed by atoms with Gasteiger partial charge in [-0.2, -0.15) is 0 Å². The minimum absolute atomic E-state index is 0.0993. The number of nitrogens with two attached hydrogens (primary N) is 1. The van der Waals surface area contributed by atoms with Gasteiger partial charge in [0.1, 0.15) is 5.69 Å². The van der Waals surface area contributed by atoms with Crippen LogP contribution < -0.4 is 11.1 Å². The Labute approximate surface area is 126 Å². The summed E-state index contributed by atoms with van der Waals surface area (Å²) in [7, 11) is 0. The van der Waals surface area contributed by atoms with Crippen LogP contribution in [0.25, 0.3) is 0 Å². The lowest BCUT2D eigenvalue weighted by molar-refractivity contribution is 0.0935. The monoisotopic (exact) mass is 336 g/mol. The second-order valence-corrected chi connectivity index (χ2v) is 5.36. The highest BCUT2D eigenvalue weighted by Crippen LogP contribution is 2.22. The minimum atomic E-state index is -0.191. The van der Waals surface area contributed by atoms with Crippen LogP contribution >= 0.6 is 15.9 Å². The first kappa shape index (κ1) is 14.7. The Kier molecular flexibility index (Phi) is 4.92. The Morgan fingerprint density at radius 2 is 2.25 bits per heavy atom. The molecule has 6 heteroatoms. The van der Waals surface area contributed by atoms with E-state index in [0.29, 0.717) is 18.8 Å². The zero-order valence-corrected chi connectivity index (χ0v) is 12.8. The molecule has 1 unspecified atom stereocenters. The molecule has 0 bridgehead atoms. The molecule has 0 aliphatic carbocycles. The van der Waals surface area contributed by atoms with Gasteiger partial charge < -0.3 is 15.6 Å². The van der Waals surface area contributed by atoms with Crippen molar-refractivity contribution in [2.24, 2.45) is 5.73 Å². The van der Waals surface area contributed by atoms with E-state index in [2.05, 4.69) is 26.2 Å². The van der Waals surface area contributed by atoms with Crippen LogP contribution in [0.15, 0.2) is 41.3 Å². The second-order valence-electron chi connectivity index (χ2n) is 4.50. The first-order valence-corrected chi connectivity index (χ1v) is 7.18. The maximum absolute atomic E-state index is 12.1. The smallest absolute Gasteiger partial charge is 0.271 e. The Bertz CT molecular complexity index is 596. The van der Waals surface area contributed by atoms with Crippen molar-refractivity contribution in [2.75, 3.05) is 6.54 Å². The van der Waals surface area contributed by atoms with Gasteiger partial charge in [-0.15, -0.1) is 0 Å². The Balaban J connectivity index is 2.05. The molecule has 1 aromatic carbocycles. The summed E-state index contributed by atoms with van der Waals surface area (Å²) in [4.78, 5) is 16.2. The van der Waals surface area contributed by atoms with Crippen LogP contribution in [-0.2, 0) is 6.54 Å². The number of hydrogen-bond acceptors (Lipinski definition) is 3. The number of benzene rings is 1. The third-order valence-corrected chi connectivity index (χ3v) is 3.69. The standard InChI is InChI=1S/C14H17BrN4O/c1-10(11-4-2-3-5-12(11)15)18-14(20)13-8-19(7-6-16)9-17-13/h2-5,8-10H,6-7,16H2,1H3,(H,18,20). The normalized spacial score (nSPS) is 12.2. The number of carbonyl (C=O) groups is 1. The summed E-state index contributed by atoms with van der Waals surface area (Å²) in [5.41, 5.74) is 6.90. The summed E-state index contributed by atoms with van der Waals surface area (Å²) in [6, 6.07) is 7.71. The SMILES string of the molecule is CC(NC(=O)c1cn(CCN)cn1)c1ccccc1Br. The van der Waals surface area contributed by atoms with Crippen molar-refractivity contribution in [2.45, 2.75) is 19.5 Å². The molecule has 0 aliphatic rings. The quantitative estimate of drug-likeness (QED) is 0.878. The van der Waals surface area contributed by atoms with Gasteiger partial charge in [-0.25, -0.2) is 4.98 Å². The third kappa shape index (κ3) is 3.46. The highest BCUT2D eigenvalue weighted by molar-refractivity contribution is 9.10. The second kappa shape index (κ2) is 6.67. The molecule has 0 saturated heterocycles. The molecule has 1 heterocycles. The molecule has 5 nitrogen and oxygen atoms in total. The van der Waals surface area contributed by atoms with Crippen LogP contribution in [0.3, 0.4) is 0 Å². The lowest BCUT2D eigenvalue weighted by atomic mass is 10.1. The van der Waals surface area contributed by atoms with Gasteiger partial charge in [0.25, 0.3) is 5.91 Å². The number of halogens is 1. The van der Waals surface area contributed by atoms with E-state index in [9.17, 15) is 4.79 Å². The van der Waals surface area contributed by atoms with E-state index in [1.54, 1.807) is 17.1 Å². The van der Waals surface area contributed by atoms with Crippen molar-refractivity contribution in [3.8, 4) is 0 Å². The number of nitrogens with one attached hydrogen (secondary N) is 1. The van der Waals surface area contributed by atoms with Crippen molar-refractivity contribution in [3.05, 3.63) is 52.5 Å². The van der Waals surface area contributed by atoms with Gasteiger partial charge in [0, 0.05) is 23.8 Å². The van der Waals surface area contributed by atoms with Crippen molar-refractivity contribution in [1.82, 2.24) is 14.9 Å². The zero-order valence-electron chi connectivity index (χ0n) is 11.2. The molecule has 1 aromatic heterocycles. The average molecular weight is 337 g/mol. The summed E-state index contributed by atoms with van der Waals surface area (Å²) in [5.74, 6) is -0.191. The van der Waals surface area contributed by atoms with E-state index in [0.717, 1.165) is 10.0 Å². The fraction of sp³-hybridized carbons (Fsp3) is 0.286. The van der Waals surface area contributed by atoms with Crippen LogP contribution in [0.2, 0.25) is 0 Å². The molecule has 0 spiro atoms. The van der Waals surface area contributed by atoms with Crippen LogP contribution in [0.5, 0.6) is 0 Å². The molecule has 0 radical (unpaired) electrons. The van der Waals surface area contributed by atoms with Gasteiger partial charge in [0.2, 0.25) is 0 Å². The maximum Gasteiger partial charge on any atom is 0.271 e. The average Bonchev–Trinajstić information content (AvgIpc) is 2.88. The van der Waals surface area contributed by atoms with E-state index < -0.39 is 0 Å². The van der Waals surface area contributed by atoms with Crippen molar-refractivity contribution in [1.29, 1.82) is 0 Å². The van der Waals surface area contributed by atoms with Gasteiger partial charge in [-0.1, -0.05) is 34.1 Å². The Morgan fingerprint density at radius 1 is 1.50 bits per heavy atom. The van der Waals surface area contributed by atoms with Crippen LogP contribution in [0.1, 0.15) is 29.0 Å². The zero-order chi connectivity index (χ0) is 14.5. The number of carbonyl (C=O) groups excluding carboxylic acids is 1. The molecule has 0 fully saturated rings. The summed E-state index contributed by atoms with van der Waals surface area (Å²) < 4.78 is 2.78. The molecule has 2 aromatic rings. The Hall–Kier alpha value is -1.66. The van der Waals surface area contributed by atoms with E-state index in [1.807, 2.05) is 31.2 Å². The lowest BCUT2D eigenvalue weighted by Gasteiger charge is -2.14. The molecule has 106 valence electrons. The largest absolute Gasteiger partial charge is 0.344 e. The molecular weight excluding hydrogens is 320 g/mol.